The summed E-state index contributed by atoms with van der Waals surface area (Å²) in [5.74, 6) is 0.527. The number of amides is 1. The molecule has 0 spiro atoms. The predicted molar refractivity (Wildman–Crippen MR) is 98.1 cm³/mol. The molecule has 0 aliphatic heterocycles. The Hall–Kier alpha value is -1.81. The minimum atomic E-state index is -0.157. The summed E-state index contributed by atoms with van der Waals surface area (Å²) in [5, 5.41) is 2.90. The van der Waals surface area contributed by atoms with Crippen molar-refractivity contribution in [3.63, 3.8) is 0 Å². The molecule has 0 radical (unpaired) electrons. The van der Waals surface area contributed by atoms with E-state index in [1.54, 1.807) is 0 Å². The zero-order valence-corrected chi connectivity index (χ0v) is 15.2. The molecular weight excluding hydrogens is 354 g/mol. The maximum Gasteiger partial charge on any atom is 0.262 e. The van der Waals surface area contributed by atoms with Crippen LogP contribution in [0.25, 0.3) is 0 Å². The molecule has 0 atom stereocenters. The van der Waals surface area contributed by atoms with Crippen molar-refractivity contribution in [1.29, 1.82) is 0 Å². The summed E-state index contributed by atoms with van der Waals surface area (Å²) in [6.45, 7) is 4.21. The molecule has 0 aliphatic rings. The number of benzene rings is 2. The van der Waals surface area contributed by atoms with Crippen molar-refractivity contribution < 1.29 is 9.53 Å². The van der Waals surface area contributed by atoms with E-state index in [0.717, 1.165) is 35.0 Å². The van der Waals surface area contributed by atoms with E-state index in [2.05, 4.69) is 35.1 Å². The standard InChI is InChI=1S/C19H22BrNO2/c1-3-7-14-10-11-18(16(20)12-14)23-13-19(22)21-17-9-6-5-8-15(17)4-2/h5-6,8-12H,3-4,7,13H2,1-2H3,(H,21,22). The van der Waals surface area contributed by atoms with Gasteiger partial charge in [0.25, 0.3) is 5.91 Å². The Balaban J connectivity index is 1.94. The predicted octanol–water partition coefficient (Wildman–Crippen LogP) is 4.98. The molecule has 1 amide bonds. The van der Waals surface area contributed by atoms with Gasteiger partial charge in [-0.05, 0) is 58.1 Å². The summed E-state index contributed by atoms with van der Waals surface area (Å²) < 4.78 is 6.50. The average molecular weight is 376 g/mol. The molecule has 0 saturated carbocycles. The zero-order chi connectivity index (χ0) is 16.7. The molecule has 0 saturated heterocycles. The summed E-state index contributed by atoms with van der Waals surface area (Å²) >= 11 is 3.50. The van der Waals surface area contributed by atoms with E-state index in [1.165, 1.54) is 5.56 Å². The molecule has 2 rings (SSSR count). The van der Waals surface area contributed by atoms with Crippen molar-refractivity contribution in [2.75, 3.05) is 11.9 Å². The summed E-state index contributed by atoms with van der Waals surface area (Å²) in [6.07, 6.45) is 3.01. The molecule has 2 aromatic rings. The van der Waals surface area contributed by atoms with Crippen molar-refractivity contribution in [3.8, 4) is 5.75 Å². The summed E-state index contributed by atoms with van der Waals surface area (Å²) in [6, 6.07) is 13.8. The number of anilines is 1. The van der Waals surface area contributed by atoms with E-state index in [0.29, 0.717) is 5.75 Å². The van der Waals surface area contributed by atoms with Gasteiger partial charge in [0.2, 0.25) is 0 Å². The molecule has 0 aliphatic carbocycles. The first-order chi connectivity index (χ1) is 11.1. The first-order valence-electron chi connectivity index (χ1n) is 7.93. The molecule has 0 bridgehead atoms. The largest absolute Gasteiger partial charge is 0.483 e. The lowest BCUT2D eigenvalue weighted by atomic mass is 10.1. The van der Waals surface area contributed by atoms with Crippen LogP contribution < -0.4 is 10.1 Å². The number of hydrogen-bond donors (Lipinski definition) is 1. The van der Waals surface area contributed by atoms with Gasteiger partial charge in [-0.1, -0.05) is 44.5 Å². The maximum atomic E-state index is 12.1. The van der Waals surface area contributed by atoms with Crippen molar-refractivity contribution >= 4 is 27.5 Å². The van der Waals surface area contributed by atoms with Gasteiger partial charge in [-0.25, -0.2) is 0 Å². The highest BCUT2D eigenvalue weighted by atomic mass is 79.9. The SMILES string of the molecule is CCCc1ccc(OCC(=O)Nc2ccccc2CC)c(Br)c1. The van der Waals surface area contributed by atoms with Crippen LogP contribution in [0, 0.1) is 0 Å². The fourth-order valence-corrected chi connectivity index (χ4v) is 2.93. The van der Waals surface area contributed by atoms with Crippen LogP contribution in [0.15, 0.2) is 46.9 Å². The van der Waals surface area contributed by atoms with Crippen molar-refractivity contribution in [2.45, 2.75) is 33.1 Å². The number of aryl methyl sites for hydroxylation is 2. The fourth-order valence-electron chi connectivity index (χ4n) is 2.39. The Kier molecular flexibility index (Phi) is 6.66. The molecule has 2 aromatic carbocycles. The van der Waals surface area contributed by atoms with Gasteiger partial charge in [0.05, 0.1) is 4.47 Å². The van der Waals surface area contributed by atoms with Gasteiger partial charge in [0, 0.05) is 5.69 Å². The normalized spacial score (nSPS) is 10.4. The third-order valence-corrected chi connectivity index (χ3v) is 4.19. The van der Waals surface area contributed by atoms with Crippen LogP contribution >= 0.6 is 15.9 Å². The Morgan fingerprint density at radius 2 is 1.96 bits per heavy atom. The molecule has 122 valence electrons. The van der Waals surface area contributed by atoms with Crippen LogP contribution in [0.4, 0.5) is 5.69 Å². The molecule has 3 nitrogen and oxygen atoms in total. The molecule has 0 aromatic heterocycles. The van der Waals surface area contributed by atoms with E-state index in [4.69, 9.17) is 4.74 Å². The van der Waals surface area contributed by atoms with Gasteiger partial charge in [0.15, 0.2) is 6.61 Å². The van der Waals surface area contributed by atoms with E-state index in [1.807, 2.05) is 42.5 Å². The Labute approximate surface area is 146 Å². The molecule has 0 fully saturated rings. The Morgan fingerprint density at radius 1 is 1.17 bits per heavy atom. The topological polar surface area (TPSA) is 38.3 Å². The first kappa shape index (κ1) is 17.5. The Morgan fingerprint density at radius 3 is 2.65 bits per heavy atom. The van der Waals surface area contributed by atoms with Gasteiger partial charge in [-0.15, -0.1) is 0 Å². The number of halogens is 1. The highest BCUT2D eigenvalue weighted by Crippen LogP contribution is 2.26. The van der Waals surface area contributed by atoms with Gasteiger partial charge >= 0.3 is 0 Å². The quantitative estimate of drug-likeness (QED) is 0.740. The molecule has 23 heavy (non-hydrogen) atoms. The molecule has 1 N–H and O–H groups in total. The van der Waals surface area contributed by atoms with Gasteiger partial charge in [-0.3, -0.25) is 4.79 Å². The number of carbonyl (C=O) groups excluding carboxylic acids is 1. The smallest absolute Gasteiger partial charge is 0.262 e. The highest BCUT2D eigenvalue weighted by molar-refractivity contribution is 9.10. The van der Waals surface area contributed by atoms with Crippen molar-refractivity contribution in [1.82, 2.24) is 0 Å². The van der Waals surface area contributed by atoms with Crippen molar-refractivity contribution in [2.24, 2.45) is 0 Å². The molecule has 0 unspecified atom stereocenters. The number of para-hydroxylation sites is 1. The van der Waals surface area contributed by atoms with Crippen LogP contribution in [0.5, 0.6) is 5.75 Å². The third kappa shape index (κ3) is 5.10. The van der Waals surface area contributed by atoms with E-state index in [9.17, 15) is 4.79 Å². The minimum absolute atomic E-state index is 0.0101. The second kappa shape index (κ2) is 8.73. The third-order valence-electron chi connectivity index (χ3n) is 3.57. The van der Waals surface area contributed by atoms with E-state index < -0.39 is 0 Å². The van der Waals surface area contributed by atoms with Crippen LogP contribution in [-0.2, 0) is 17.6 Å². The lowest BCUT2D eigenvalue weighted by Crippen LogP contribution is -2.21. The molecule has 0 heterocycles. The minimum Gasteiger partial charge on any atom is -0.483 e. The van der Waals surface area contributed by atoms with Crippen LogP contribution in [0.1, 0.15) is 31.4 Å². The van der Waals surface area contributed by atoms with Crippen molar-refractivity contribution in [3.05, 3.63) is 58.1 Å². The molecular formula is C19H22BrNO2. The van der Waals surface area contributed by atoms with Gasteiger partial charge < -0.3 is 10.1 Å². The second-order valence-corrected chi connectivity index (χ2v) is 6.22. The first-order valence-corrected chi connectivity index (χ1v) is 8.72. The summed E-state index contributed by atoms with van der Waals surface area (Å²) in [7, 11) is 0. The van der Waals surface area contributed by atoms with E-state index in [-0.39, 0.29) is 12.5 Å². The maximum absolute atomic E-state index is 12.1. The number of rotatable bonds is 7. The second-order valence-electron chi connectivity index (χ2n) is 5.36. The lowest BCUT2D eigenvalue weighted by Gasteiger charge is -2.12. The average Bonchev–Trinajstić information content (AvgIpc) is 2.55. The number of hydrogen-bond acceptors (Lipinski definition) is 2. The number of nitrogens with one attached hydrogen (secondary N) is 1. The highest BCUT2D eigenvalue weighted by Gasteiger charge is 2.08. The zero-order valence-electron chi connectivity index (χ0n) is 13.6. The monoisotopic (exact) mass is 375 g/mol. The van der Waals surface area contributed by atoms with Gasteiger partial charge in [0.1, 0.15) is 5.75 Å². The Bertz CT molecular complexity index is 670. The fraction of sp³-hybridized carbons (Fsp3) is 0.316. The van der Waals surface area contributed by atoms with E-state index >= 15 is 0 Å². The number of ether oxygens (including phenoxy) is 1. The molecule has 4 heteroatoms. The number of carbonyl (C=O) groups is 1. The van der Waals surface area contributed by atoms with Crippen LogP contribution in [0.2, 0.25) is 0 Å². The lowest BCUT2D eigenvalue weighted by molar-refractivity contribution is -0.118. The summed E-state index contributed by atoms with van der Waals surface area (Å²) in [4.78, 5) is 12.1. The van der Waals surface area contributed by atoms with Crippen LogP contribution in [-0.4, -0.2) is 12.5 Å². The van der Waals surface area contributed by atoms with Crippen LogP contribution in [0.3, 0.4) is 0 Å². The van der Waals surface area contributed by atoms with Gasteiger partial charge in [-0.2, -0.15) is 0 Å². The summed E-state index contributed by atoms with van der Waals surface area (Å²) in [5.41, 5.74) is 3.22.